The molecule has 0 atom stereocenters. The summed E-state index contributed by atoms with van der Waals surface area (Å²) < 4.78 is 8.08. The molecule has 1 amide bonds. The summed E-state index contributed by atoms with van der Waals surface area (Å²) in [5.41, 5.74) is 4.76. The highest BCUT2D eigenvalue weighted by molar-refractivity contribution is 7.98. The molecule has 5 nitrogen and oxygen atoms in total. The minimum Gasteiger partial charge on any atom is -0.462 e. The van der Waals surface area contributed by atoms with Gasteiger partial charge in [0, 0.05) is 12.3 Å². The summed E-state index contributed by atoms with van der Waals surface area (Å²) in [5, 5.41) is 0. The van der Waals surface area contributed by atoms with E-state index in [0.717, 1.165) is 33.6 Å². The average molecular weight is 443 g/mol. The zero-order valence-corrected chi connectivity index (χ0v) is 19.4. The second-order valence-electron chi connectivity index (χ2n) is 7.04. The maximum atomic E-state index is 12.7. The van der Waals surface area contributed by atoms with Crippen molar-refractivity contribution in [1.82, 2.24) is 4.57 Å². The maximum Gasteiger partial charge on any atom is 0.338 e. The van der Waals surface area contributed by atoms with Crippen molar-refractivity contribution in [2.75, 3.05) is 18.6 Å². The van der Waals surface area contributed by atoms with E-state index in [0.29, 0.717) is 17.0 Å². The van der Waals surface area contributed by atoms with E-state index in [1.54, 1.807) is 24.8 Å². The zero-order chi connectivity index (χ0) is 21.7. The van der Waals surface area contributed by atoms with Crippen LogP contribution in [0, 0.1) is 13.8 Å². The van der Waals surface area contributed by atoms with Gasteiger partial charge in [0.15, 0.2) is 4.80 Å². The summed E-state index contributed by atoms with van der Waals surface area (Å²) in [6.45, 7) is 6.93. The molecule has 30 heavy (non-hydrogen) atoms. The van der Waals surface area contributed by atoms with Crippen molar-refractivity contribution in [3.05, 3.63) is 63.5 Å². The molecule has 0 radical (unpaired) electrons. The number of fused-ring (bicyclic) bond motifs is 1. The van der Waals surface area contributed by atoms with E-state index < -0.39 is 0 Å². The van der Waals surface area contributed by atoms with E-state index in [2.05, 4.69) is 21.9 Å². The van der Waals surface area contributed by atoms with Gasteiger partial charge in [-0.3, -0.25) is 4.79 Å². The van der Waals surface area contributed by atoms with Gasteiger partial charge in [-0.15, -0.1) is 0 Å². The van der Waals surface area contributed by atoms with Crippen molar-refractivity contribution >= 4 is 45.2 Å². The molecule has 3 rings (SSSR count). The van der Waals surface area contributed by atoms with E-state index in [-0.39, 0.29) is 18.3 Å². The van der Waals surface area contributed by atoms with E-state index in [1.807, 2.05) is 38.1 Å². The molecular weight excluding hydrogens is 416 g/mol. The fourth-order valence-electron chi connectivity index (χ4n) is 3.25. The first kappa shape index (κ1) is 22.3. The SMILES string of the molecule is CCOC(=O)c1ccc2c(c1)sc(=NC(=O)Cc1ccc(C)cc1C)n2CCSC. The lowest BCUT2D eigenvalue weighted by Crippen LogP contribution is -2.18. The zero-order valence-electron chi connectivity index (χ0n) is 17.7. The number of amides is 1. The quantitative estimate of drug-likeness (QED) is 0.505. The Balaban J connectivity index is 1.99. The van der Waals surface area contributed by atoms with Gasteiger partial charge in [-0.1, -0.05) is 35.1 Å². The van der Waals surface area contributed by atoms with Crippen LogP contribution in [0.2, 0.25) is 0 Å². The average Bonchev–Trinajstić information content (AvgIpc) is 3.04. The fourth-order valence-corrected chi connectivity index (χ4v) is 4.73. The van der Waals surface area contributed by atoms with Crippen molar-refractivity contribution in [2.24, 2.45) is 4.99 Å². The van der Waals surface area contributed by atoms with Gasteiger partial charge in [0.2, 0.25) is 0 Å². The van der Waals surface area contributed by atoms with Crippen LogP contribution >= 0.6 is 23.1 Å². The molecule has 7 heteroatoms. The number of ether oxygens (including phenoxy) is 1. The van der Waals surface area contributed by atoms with Crippen molar-refractivity contribution < 1.29 is 14.3 Å². The number of thiazole rings is 1. The molecule has 0 saturated heterocycles. The molecule has 0 aliphatic rings. The molecule has 1 aromatic heterocycles. The van der Waals surface area contributed by atoms with E-state index >= 15 is 0 Å². The van der Waals surface area contributed by atoms with Gasteiger partial charge in [0.25, 0.3) is 5.91 Å². The van der Waals surface area contributed by atoms with Crippen LogP contribution < -0.4 is 4.80 Å². The van der Waals surface area contributed by atoms with E-state index in [1.165, 1.54) is 16.9 Å². The minimum atomic E-state index is -0.340. The lowest BCUT2D eigenvalue weighted by atomic mass is 10.0. The molecule has 0 spiro atoms. The topological polar surface area (TPSA) is 60.7 Å². The predicted octanol–water partition coefficient (Wildman–Crippen LogP) is 4.53. The summed E-state index contributed by atoms with van der Waals surface area (Å²) in [7, 11) is 0. The molecule has 0 aliphatic carbocycles. The highest BCUT2D eigenvalue weighted by Gasteiger charge is 2.13. The predicted molar refractivity (Wildman–Crippen MR) is 124 cm³/mol. The van der Waals surface area contributed by atoms with Crippen LogP contribution in [0.3, 0.4) is 0 Å². The van der Waals surface area contributed by atoms with Gasteiger partial charge < -0.3 is 9.30 Å². The number of rotatable bonds is 7. The van der Waals surface area contributed by atoms with Crippen LogP contribution in [-0.2, 0) is 22.5 Å². The van der Waals surface area contributed by atoms with Crippen molar-refractivity contribution in [1.29, 1.82) is 0 Å². The number of hydrogen-bond donors (Lipinski definition) is 0. The first-order valence-electron chi connectivity index (χ1n) is 9.86. The second-order valence-corrected chi connectivity index (χ2v) is 9.04. The number of hydrogen-bond acceptors (Lipinski definition) is 5. The highest BCUT2D eigenvalue weighted by atomic mass is 32.2. The third kappa shape index (κ3) is 5.21. The summed E-state index contributed by atoms with van der Waals surface area (Å²) >= 11 is 3.17. The Kier molecular flexibility index (Phi) is 7.50. The third-order valence-corrected chi connectivity index (χ3v) is 6.40. The number of carbonyl (C=O) groups excluding carboxylic acids is 2. The Bertz CT molecular complexity index is 1150. The van der Waals surface area contributed by atoms with Gasteiger partial charge in [-0.2, -0.15) is 16.8 Å². The van der Waals surface area contributed by atoms with Gasteiger partial charge in [0.1, 0.15) is 0 Å². The normalized spacial score (nSPS) is 11.8. The van der Waals surface area contributed by atoms with Gasteiger partial charge in [-0.05, 0) is 56.4 Å². The number of aromatic nitrogens is 1. The molecule has 0 bridgehead atoms. The van der Waals surface area contributed by atoms with Gasteiger partial charge in [-0.25, -0.2) is 4.79 Å². The Morgan fingerprint density at radius 3 is 2.67 bits per heavy atom. The lowest BCUT2D eigenvalue weighted by Gasteiger charge is -2.06. The van der Waals surface area contributed by atoms with Crippen molar-refractivity contribution in [3.63, 3.8) is 0 Å². The maximum absolute atomic E-state index is 12.7. The molecule has 0 fully saturated rings. The molecule has 1 heterocycles. The Hall–Kier alpha value is -2.38. The molecule has 2 aromatic carbocycles. The monoisotopic (exact) mass is 442 g/mol. The van der Waals surface area contributed by atoms with Gasteiger partial charge >= 0.3 is 5.97 Å². The van der Waals surface area contributed by atoms with Crippen LogP contribution in [-0.4, -0.2) is 35.1 Å². The first-order chi connectivity index (χ1) is 14.4. The number of esters is 1. The summed E-state index contributed by atoms with van der Waals surface area (Å²) in [6, 6.07) is 11.6. The smallest absolute Gasteiger partial charge is 0.338 e. The molecule has 0 aliphatic heterocycles. The summed E-state index contributed by atoms with van der Waals surface area (Å²) in [6.07, 6.45) is 2.33. The Morgan fingerprint density at radius 1 is 1.17 bits per heavy atom. The molecule has 158 valence electrons. The Morgan fingerprint density at radius 2 is 1.97 bits per heavy atom. The standard InChI is InChI=1S/C23H26N2O3S2/c1-5-28-22(27)18-8-9-19-20(13-18)30-23(25(19)10-11-29-4)24-21(26)14-17-7-6-15(2)12-16(17)3/h6-9,12-13H,5,10-11,14H2,1-4H3. The van der Waals surface area contributed by atoms with Crippen LogP contribution in [0.4, 0.5) is 0 Å². The molecule has 0 N–H and O–H groups in total. The van der Waals surface area contributed by atoms with Crippen LogP contribution in [0.1, 0.15) is 34.0 Å². The molecule has 3 aromatic rings. The minimum absolute atomic E-state index is 0.169. The van der Waals surface area contributed by atoms with E-state index in [4.69, 9.17) is 4.74 Å². The first-order valence-corrected chi connectivity index (χ1v) is 12.1. The number of thioether (sulfide) groups is 1. The molecule has 0 saturated carbocycles. The number of aryl methyl sites for hydroxylation is 3. The number of benzene rings is 2. The highest BCUT2D eigenvalue weighted by Crippen LogP contribution is 2.20. The number of carbonyl (C=O) groups is 2. The molecular formula is C23H26N2O3S2. The van der Waals surface area contributed by atoms with Gasteiger partial charge in [0.05, 0.1) is 28.8 Å². The fraction of sp³-hybridized carbons (Fsp3) is 0.348. The number of nitrogens with zero attached hydrogens (tertiary/aromatic N) is 2. The Labute approximate surface area is 184 Å². The third-order valence-electron chi connectivity index (χ3n) is 4.77. The summed E-state index contributed by atoms with van der Waals surface area (Å²) in [4.78, 5) is 29.9. The van der Waals surface area contributed by atoms with Crippen LogP contribution in [0.15, 0.2) is 41.4 Å². The summed E-state index contributed by atoms with van der Waals surface area (Å²) in [5.74, 6) is 0.397. The second kappa shape index (κ2) is 10.1. The van der Waals surface area contributed by atoms with Crippen LogP contribution in [0.25, 0.3) is 10.2 Å². The largest absolute Gasteiger partial charge is 0.462 e. The lowest BCUT2D eigenvalue weighted by molar-refractivity contribution is -0.117. The van der Waals surface area contributed by atoms with Crippen LogP contribution in [0.5, 0.6) is 0 Å². The van der Waals surface area contributed by atoms with E-state index in [9.17, 15) is 9.59 Å². The van der Waals surface area contributed by atoms with Crippen molar-refractivity contribution in [3.8, 4) is 0 Å². The van der Waals surface area contributed by atoms with Crippen molar-refractivity contribution in [2.45, 2.75) is 33.7 Å². The molecule has 0 unspecified atom stereocenters.